The van der Waals surface area contributed by atoms with Crippen LogP contribution in [0, 0.1) is 0 Å². The minimum Gasteiger partial charge on any atom is -0.362 e. The number of halogens is 2. The summed E-state index contributed by atoms with van der Waals surface area (Å²) in [6.07, 6.45) is 1.12. The van der Waals surface area contributed by atoms with Gasteiger partial charge < -0.3 is 15.5 Å². The van der Waals surface area contributed by atoms with Crippen LogP contribution in [-0.2, 0) is 14.6 Å². The number of nitrogens with one attached hydrogen (secondary N) is 2. The molecule has 1 aliphatic rings. The molecule has 2 heterocycles. The molecule has 132 valence electrons. The molecule has 1 aromatic carbocycles. The highest BCUT2D eigenvalue weighted by molar-refractivity contribution is 7.90. The first-order valence-corrected chi connectivity index (χ1v) is 9.70. The van der Waals surface area contributed by atoms with Crippen LogP contribution in [0.5, 0.6) is 0 Å². The molecule has 25 heavy (non-hydrogen) atoms. The van der Waals surface area contributed by atoms with E-state index in [0.717, 1.165) is 6.26 Å². The Morgan fingerprint density at radius 1 is 1.28 bits per heavy atom. The van der Waals surface area contributed by atoms with Gasteiger partial charge in [0.05, 0.1) is 11.6 Å². The number of carbonyl (C=O) groups excluding carboxylic acids is 1. The quantitative estimate of drug-likeness (QED) is 0.596. The summed E-state index contributed by atoms with van der Waals surface area (Å²) in [5.41, 5.74) is 1.01. The fraction of sp³-hybridized carbons (Fsp3) is 0.214. The minimum absolute atomic E-state index is 0.00535. The maximum atomic E-state index is 12.2. The van der Waals surface area contributed by atoms with Crippen molar-refractivity contribution in [3.8, 4) is 0 Å². The highest BCUT2D eigenvalue weighted by Gasteiger charge is 2.26. The van der Waals surface area contributed by atoms with Gasteiger partial charge in [0.15, 0.2) is 20.8 Å². The summed E-state index contributed by atoms with van der Waals surface area (Å²) < 4.78 is 22.9. The van der Waals surface area contributed by atoms with E-state index in [1.807, 2.05) is 0 Å². The fourth-order valence-corrected chi connectivity index (χ4v) is 3.39. The van der Waals surface area contributed by atoms with E-state index in [4.69, 9.17) is 23.2 Å². The molecule has 0 aliphatic carbocycles. The van der Waals surface area contributed by atoms with E-state index in [9.17, 15) is 13.2 Å². The van der Waals surface area contributed by atoms with E-state index < -0.39 is 9.84 Å². The number of hydrogen-bond donors (Lipinski definition) is 2. The second-order valence-corrected chi connectivity index (χ2v) is 8.07. The summed E-state index contributed by atoms with van der Waals surface area (Å²) in [6.45, 7) is 0.349. The summed E-state index contributed by atoms with van der Waals surface area (Å²) in [5, 5.41) is 5.88. The van der Waals surface area contributed by atoms with E-state index in [0.29, 0.717) is 23.9 Å². The second-order valence-electron chi connectivity index (χ2n) is 5.36. The summed E-state index contributed by atoms with van der Waals surface area (Å²) >= 11 is 11.8. The predicted octanol–water partition coefficient (Wildman–Crippen LogP) is 2.02. The fourth-order valence-electron chi connectivity index (χ4n) is 2.32. The van der Waals surface area contributed by atoms with Gasteiger partial charge in [0, 0.05) is 11.9 Å². The molecule has 2 aromatic rings. The smallest absolute Gasteiger partial charge is 0.244 e. The van der Waals surface area contributed by atoms with E-state index in [1.165, 1.54) is 24.3 Å². The monoisotopic (exact) mass is 401 g/mol. The van der Waals surface area contributed by atoms with Crippen molar-refractivity contribution in [2.24, 2.45) is 0 Å². The van der Waals surface area contributed by atoms with Gasteiger partial charge in [-0.05, 0) is 35.9 Å². The molecule has 1 aliphatic heterocycles. The normalized spacial score (nSPS) is 13.3. The third-order valence-corrected chi connectivity index (χ3v) is 5.04. The number of aromatic nitrogens is 2. The molecule has 1 aromatic heterocycles. The highest BCUT2D eigenvalue weighted by atomic mass is 35.5. The lowest BCUT2D eigenvalue weighted by Crippen LogP contribution is -2.33. The summed E-state index contributed by atoms with van der Waals surface area (Å²) in [5.74, 6) is 0.153. The van der Waals surface area contributed by atoms with E-state index >= 15 is 0 Å². The van der Waals surface area contributed by atoms with Crippen LogP contribution in [0.3, 0.4) is 0 Å². The van der Waals surface area contributed by atoms with Gasteiger partial charge in [0.2, 0.25) is 11.2 Å². The number of hydrogen-bond acceptors (Lipinski definition) is 7. The van der Waals surface area contributed by atoms with Gasteiger partial charge in [-0.25, -0.2) is 13.4 Å². The zero-order valence-corrected chi connectivity index (χ0v) is 15.3. The first-order valence-electron chi connectivity index (χ1n) is 7.06. The van der Waals surface area contributed by atoms with Crippen LogP contribution < -0.4 is 15.5 Å². The average molecular weight is 402 g/mol. The van der Waals surface area contributed by atoms with Crippen molar-refractivity contribution in [1.82, 2.24) is 9.97 Å². The van der Waals surface area contributed by atoms with E-state index in [-0.39, 0.29) is 27.8 Å². The van der Waals surface area contributed by atoms with Gasteiger partial charge in [-0.2, -0.15) is 4.98 Å². The zero-order valence-electron chi connectivity index (χ0n) is 13.0. The second kappa shape index (κ2) is 6.66. The highest BCUT2D eigenvalue weighted by Crippen LogP contribution is 2.35. The molecule has 1 amide bonds. The molecule has 0 bridgehead atoms. The number of anilines is 3. The van der Waals surface area contributed by atoms with Gasteiger partial charge in [-0.3, -0.25) is 4.79 Å². The van der Waals surface area contributed by atoms with Crippen LogP contribution in [0.25, 0.3) is 0 Å². The average Bonchev–Trinajstić information content (AvgIpc) is 2.90. The first kappa shape index (κ1) is 17.7. The molecule has 0 saturated carbocycles. The molecule has 0 atom stereocenters. The Morgan fingerprint density at radius 3 is 2.60 bits per heavy atom. The van der Waals surface area contributed by atoms with Gasteiger partial charge in [0.25, 0.3) is 0 Å². The summed E-state index contributed by atoms with van der Waals surface area (Å²) in [4.78, 5) is 22.0. The number of fused-ring (bicyclic) bond motifs is 1. The number of benzene rings is 1. The lowest BCUT2D eigenvalue weighted by molar-refractivity contribution is -0.115. The Balaban J connectivity index is 1.69. The van der Waals surface area contributed by atoms with Crippen molar-refractivity contribution in [3.05, 3.63) is 34.7 Å². The van der Waals surface area contributed by atoms with Crippen LogP contribution in [0.4, 0.5) is 17.2 Å². The maximum Gasteiger partial charge on any atom is 0.244 e. The minimum atomic E-state index is -3.28. The molecule has 0 fully saturated rings. The molecule has 11 heteroatoms. The van der Waals surface area contributed by atoms with Gasteiger partial charge in [-0.1, -0.05) is 11.6 Å². The number of rotatable bonds is 4. The van der Waals surface area contributed by atoms with Crippen molar-refractivity contribution in [1.29, 1.82) is 0 Å². The zero-order chi connectivity index (χ0) is 18.2. The molecular formula is C14H13Cl2N5O3S. The molecule has 0 saturated heterocycles. The molecule has 8 nitrogen and oxygen atoms in total. The van der Waals surface area contributed by atoms with Crippen molar-refractivity contribution >= 4 is 56.1 Å². The van der Waals surface area contributed by atoms with Crippen molar-refractivity contribution in [2.45, 2.75) is 4.90 Å². The number of nitrogens with zero attached hydrogens (tertiary/aromatic N) is 3. The molecule has 0 spiro atoms. The van der Waals surface area contributed by atoms with Crippen LogP contribution in [-0.4, -0.2) is 43.8 Å². The third kappa shape index (κ3) is 3.94. The number of carbonyl (C=O) groups is 1. The Morgan fingerprint density at radius 2 is 1.96 bits per heavy atom. The molecule has 0 unspecified atom stereocenters. The van der Waals surface area contributed by atoms with Crippen molar-refractivity contribution in [2.75, 3.05) is 35.0 Å². The summed E-state index contributed by atoms with van der Waals surface area (Å²) in [6, 6.07) is 5.93. The SMILES string of the molecule is CS(=O)(=O)c1ccc(NC(=O)CN2CNc3c(Cl)nc(Cl)nc32)cc1. The summed E-state index contributed by atoms with van der Waals surface area (Å²) in [7, 11) is -3.28. The van der Waals surface area contributed by atoms with E-state index in [2.05, 4.69) is 20.6 Å². The van der Waals surface area contributed by atoms with Crippen LogP contribution >= 0.6 is 23.2 Å². The van der Waals surface area contributed by atoms with Crippen LogP contribution in [0.1, 0.15) is 0 Å². The van der Waals surface area contributed by atoms with Gasteiger partial charge in [0.1, 0.15) is 12.2 Å². The van der Waals surface area contributed by atoms with E-state index in [1.54, 1.807) is 4.90 Å². The predicted molar refractivity (Wildman–Crippen MR) is 96.1 cm³/mol. The van der Waals surface area contributed by atoms with Crippen molar-refractivity contribution < 1.29 is 13.2 Å². The molecular weight excluding hydrogens is 389 g/mol. The van der Waals surface area contributed by atoms with Crippen LogP contribution in [0.15, 0.2) is 29.2 Å². The molecule has 3 rings (SSSR count). The van der Waals surface area contributed by atoms with Gasteiger partial charge in [-0.15, -0.1) is 0 Å². The first-order chi connectivity index (χ1) is 11.7. The third-order valence-electron chi connectivity index (χ3n) is 3.47. The number of sulfone groups is 1. The van der Waals surface area contributed by atoms with Crippen molar-refractivity contribution in [3.63, 3.8) is 0 Å². The number of amides is 1. The lowest BCUT2D eigenvalue weighted by atomic mass is 10.3. The van der Waals surface area contributed by atoms with Crippen LogP contribution in [0.2, 0.25) is 10.4 Å². The lowest BCUT2D eigenvalue weighted by Gasteiger charge is -2.16. The Kier molecular flexibility index (Phi) is 4.72. The standard InChI is InChI=1S/C14H13Cl2N5O3S/c1-25(23,24)9-4-2-8(3-5-9)18-10(22)6-21-7-17-11-12(15)19-14(16)20-13(11)21/h2-5,17H,6-7H2,1H3,(H,18,22). The Hall–Kier alpha value is -2.10. The molecule has 0 radical (unpaired) electrons. The van der Waals surface area contributed by atoms with Gasteiger partial charge >= 0.3 is 0 Å². The largest absolute Gasteiger partial charge is 0.362 e. The Labute approximate surface area is 154 Å². The maximum absolute atomic E-state index is 12.2. The molecule has 2 N–H and O–H groups in total. The Bertz CT molecular complexity index is 934. The topological polar surface area (TPSA) is 104 Å².